The van der Waals surface area contributed by atoms with Gasteiger partial charge in [0, 0.05) is 42.9 Å². The van der Waals surface area contributed by atoms with Crippen molar-refractivity contribution in [3.8, 4) is 0 Å². The second-order valence-corrected chi connectivity index (χ2v) is 6.64. The molecule has 0 spiro atoms. The summed E-state index contributed by atoms with van der Waals surface area (Å²) >= 11 is 0. The molecular weight excluding hydrogens is 330 g/mol. The fourth-order valence-corrected chi connectivity index (χ4v) is 3.15. The van der Waals surface area contributed by atoms with E-state index in [0.717, 1.165) is 27.4 Å². The minimum atomic E-state index is 0.943. The largest absolute Gasteiger partial charge is 0.378 e. The van der Waals surface area contributed by atoms with Gasteiger partial charge in [-0.05, 0) is 41.5 Å². The molecule has 0 atom stereocenters. The molecule has 4 rings (SSSR count). The van der Waals surface area contributed by atoms with Crippen LogP contribution in [-0.4, -0.2) is 24.1 Å². The van der Waals surface area contributed by atoms with Crippen LogP contribution in [0.5, 0.6) is 0 Å². The van der Waals surface area contributed by atoms with Gasteiger partial charge in [-0.15, -0.1) is 0 Å². The zero-order chi connectivity index (χ0) is 18.6. The number of benzene rings is 2. The van der Waals surface area contributed by atoms with Gasteiger partial charge in [-0.1, -0.05) is 48.6 Å². The van der Waals surface area contributed by atoms with Crippen molar-refractivity contribution in [3.63, 3.8) is 0 Å². The number of allylic oxidation sites excluding steroid dienone is 2. The quantitative estimate of drug-likeness (QED) is 0.355. The van der Waals surface area contributed by atoms with E-state index >= 15 is 0 Å². The van der Waals surface area contributed by atoms with Crippen molar-refractivity contribution in [1.29, 1.82) is 0 Å². The van der Waals surface area contributed by atoms with Crippen LogP contribution in [0.1, 0.15) is 11.1 Å². The minimum Gasteiger partial charge on any atom is -0.378 e. The van der Waals surface area contributed by atoms with Gasteiger partial charge >= 0.3 is 0 Å². The molecule has 0 aliphatic rings. The van der Waals surface area contributed by atoms with Crippen LogP contribution in [0.25, 0.3) is 34.0 Å². The molecule has 0 saturated heterocycles. The molecule has 2 aromatic carbocycles. The summed E-state index contributed by atoms with van der Waals surface area (Å²) in [7, 11) is 4.09. The van der Waals surface area contributed by atoms with Crippen molar-refractivity contribution >= 4 is 39.6 Å². The van der Waals surface area contributed by atoms with Crippen molar-refractivity contribution in [3.05, 3.63) is 90.3 Å². The molecule has 132 valence electrons. The number of anilines is 1. The van der Waals surface area contributed by atoms with Crippen LogP contribution in [0.2, 0.25) is 0 Å². The van der Waals surface area contributed by atoms with E-state index in [1.165, 1.54) is 11.3 Å². The topological polar surface area (TPSA) is 29.0 Å². The summed E-state index contributed by atoms with van der Waals surface area (Å²) < 4.78 is 0. The number of aromatic nitrogens is 2. The lowest BCUT2D eigenvalue weighted by Crippen LogP contribution is -2.07. The lowest BCUT2D eigenvalue weighted by Gasteiger charge is -2.11. The molecule has 0 amide bonds. The smallest absolute Gasteiger partial charge is 0.0970 e. The molecule has 0 radical (unpaired) electrons. The summed E-state index contributed by atoms with van der Waals surface area (Å²) in [6.07, 6.45) is 12.0. The van der Waals surface area contributed by atoms with Crippen molar-refractivity contribution in [2.75, 3.05) is 19.0 Å². The molecule has 0 bridgehead atoms. The molecule has 0 N–H and O–H groups in total. The monoisotopic (exact) mass is 351 g/mol. The molecule has 3 nitrogen and oxygen atoms in total. The highest BCUT2D eigenvalue weighted by Gasteiger charge is 2.05. The van der Waals surface area contributed by atoms with Crippen LogP contribution in [0, 0.1) is 0 Å². The molecule has 0 saturated carbocycles. The Morgan fingerprint density at radius 2 is 1.48 bits per heavy atom. The number of pyridine rings is 2. The van der Waals surface area contributed by atoms with Crippen molar-refractivity contribution in [2.24, 2.45) is 0 Å². The van der Waals surface area contributed by atoms with Crippen molar-refractivity contribution in [2.45, 2.75) is 0 Å². The minimum absolute atomic E-state index is 0.943. The SMILES string of the molecule is CN(C)c1ccc(/C=C/C=C/c2cc3cccnc3c3ncccc23)cc1. The number of fused-ring (bicyclic) bond motifs is 3. The molecule has 2 aromatic heterocycles. The lowest BCUT2D eigenvalue weighted by atomic mass is 10.0. The first-order valence-corrected chi connectivity index (χ1v) is 8.97. The molecular formula is C24H21N3. The highest BCUT2D eigenvalue weighted by Crippen LogP contribution is 2.26. The van der Waals surface area contributed by atoms with Gasteiger partial charge in [0.1, 0.15) is 0 Å². The Bertz CT molecular complexity index is 1140. The van der Waals surface area contributed by atoms with E-state index in [1.54, 1.807) is 0 Å². The van der Waals surface area contributed by atoms with E-state index in [1.807, 2.05) is 38.6 Å². The molecule has 2 heterocycles. The normalized spacial score (nSPS) is 11.8. The summed E-state index contributed by atoms with van der Waals surface area (Å²) in [5.74, 6) is 0. The maximum atomic E-state index is 4.55. The van der Waals surface area contributed by atoms with E-state index in [-0.39, 0.29) is 0 Å². The maximum absolute atomic E-state index is 4.55. The maximum Gasteiger partial charge on any atom is 0.0970 e. The average molecular weight is 351 g/mol. The van der Waals surface area contributed by atoms with E-state index in [2.05, 4.69) is 81.6 Å². The Morgan fingerprint density at radius 3 is 2.26 bits per heavy atom. The Labute approximate surface area is 159 Å². The predicted molar refractivity (Wildman–Crippen MR) is 116 cm³/mol. The third-order valence-corrected chi connectivity index (χ3v) is 4.58. The Kier molecular flexibility index (Phi) is 4.67. The van der Waals surface area contributed by atoms with E-state index in [9.17, 15) is 0 Å². The Hall–Kier alpha value is -3.46. The van der Waals surface area contributed by atoms with Crippen molar-refractivity contribution in [1.82, 2.24) is 9.97 Å². The van der Waals surface area contributed by atoms with Gasteiger partial charge in [0.05, 0.1) is 11.0 Å². The first-order chi connectivity index (χ1) is 13.2. The number of nitrogens with zero attached hydrogens (tertiary/aromatic N) is 3. The van der Waals surface area contributed by atoms with Crippen LogP contribution >= 0.6 is 0 Å². The highest BCUT2D eigenvalue weighted by atomic mass is 15.1. The average Bonchev–Trinajstić information content (AvgIpc) is 2.71. The fourth-order valence-electron chi connectivity index (χ4n) is 3.15. The summed E-state index contributed by atoms with van der Waals surface area (Å²) in [5, 5.41) is 2.22. The van der Waals surface area contributed by atoms with Crippen LogP contribution in [0.4, 0.5) is 5.69 Å². The third kappa shape index (κ3) is 3.58. The summed E-state index contributed by atoms with van der Waals surface area (Å²) in [4.78, 5) is 11.2. The Balaban J connectivity index is 1.64. The van der Waals surface area contributed by atoms with Crippen LogP contribution < -0.4 is 4.90 Å². The Morgan fingerprint density at radius 1 is 0.778 bits per heavy atom. The van der Waals surface area contributed by atoms with Gasteiger partial charge in [0.25, 0.3) is 0 Å². The second-order valence-electron chi connectivity index (χ2n) is 6.64. The summed E-state index contributed by atoms with van der Waals surface area (Å²) in [6, 6.07) is 18.8. The van der Waals surface area contributed by atoms with Gasteiger partial charge < -0.3 is 4.90 Å². The van der Waals surface area contributed by atoms with Gasteiger partial charge in [-0.2, -0.15) is 0 Å². The van der Waals surface area contributed by atoms with Gasteiger partial charge in [0.15, 0.2) is 0 Å². The first-order valence-electron chi connectivity index (χ1n) is 8.97. The van der Waals surface area contributed by atoms with Gasteiger partial charge in [0.2, 0.25) is 0 Å². The fraction of sp³-hybridized carbons (Fsp3) is 0.0833. The van der Waals surface area contributed by atoms with Gasteiger partial charge in [-0.3, -0.25) is 9.97 Å². The number of rotatable bonds is 4. The number of hydrogen-bond donors (Lipinski definition) is 0. The molecule has 0 aliphatic heterocycles. The first kappa shape index (κ1) is 17.0. The predicted octanol–water partition coefficient (Wildman–Crippen LogP) is 5.58. The summed E-state index contributed by atoms with van der Waals surface area (Å²) in [5.41, 5.74) is 5.41. The molecule has 0 fully saturated rings. The zero-order valence-corrected chi connectivity index (χ0v) is 15.5. The molecule has 27 heavy (non-hydrogen) atoms. The summed E-state index contributed by atoms with van der Waals surface area (Å²) in [6.45, 7) is 0. The van der Waals surface area contributed by atoms with E-state index in [0.29, 0.717) is 0 Å². The van der Waals surface area contributed by atoms with E-state index in [4.69, 9.17) is 0 Å². The molecule has 0 aliphatic carbocycles. The lowest BCUT2D eigenvalue weighted by molar-refractivity contribution is 1.13. The van der Waals surface area contributed by atoms with Crippen LogP contribution in [0.3, 0.4) is 0 Å². The standard InChI is InChI=1S/C24H21N3/c1-27(2)21-13-11-18(12-14-21)7-3-4-8-19-17-20-9-5-15-25-23(20)24-22(19)10-6-16-26-24/h3-17H,1-2H3/b7-3+,8-4+. The number of hydrogen-bond acceptors (Lipinski definition) is 3. The van der Waals surface area contributed by atoms with Gasteiger partial charge in [-0.25, -0.2) is 0 Å². The van der Waals surface area contributed by atoms with E-state index < -0.39 is 0 Å². The van der Waals surface area contributed by atoms with Crippen molar-refractivity contribution < 1.29 is 0 Å². The molecule has 3 heteroatoms. The van der Waals surface area contributed by atoms with Crippen LogP contribution in [0.15, 0.2) is 79.1 Å². The second kappa shape index (κ2) is 7.42. The van der Waals surface area contributed by atoms with Crippen LogP contribution in [-0.2, 0) is 0 Å². The molecule has 0 unspecified atom stereocenters. The zero-order valence-electron chi connectivity index (χ0n) is 15.5. The third-order valence-electron chi connectivity index (χ3n) is 4.58. The molecule has 4 aromatic rings. The highest BCUT2D eigenvalue weighted by molar-refractivity contribution is 6.06.